The number of phenols is 1. The molecule has 0 heterocycles. The first-order valence-electron chi connectivity index (χ1n) is 6.12. The zero-order valence-corrected chi connectivity index (χ0v) is 11.3. The number of aromatic hydroxyl groups is 1. The van der Waals surface area contributed by atoms with Crippen LogP contribution in [0.5, 0.6) is 5.75 Å². The van der Waals surface area contributed by atoms with Crippen LogP contribution >= 0.6 is 12.2 Å². The van der Waals surface area contributed by atoms with E-state index in [0.717, 1.165) is 18.7 Å². The Labute approximate surface area is 118 Å². The molecule has 3 N–H and O–H groups in total. The van der Waals surface area contributed by atoms with E-state index in [9.17, 15) is 5.11 Å². The van der Waals surface area contributed by atoms with Crippen LogP contribution in [0.2, 0.25) is 0 Å². The molecule has 0 amide bonds. The summed E-state index contributed by atoms with van der Waals surface area (Å²) in [7, 11) is 0. The van der Waals surface area contributed by atoms with Crippen LogP contribution in [0, 0.1) is 0 Å². The maximum atomic E-state index is 9.18. The zero-order chi connectivity index (χ0) is 13.5. The molecule has 4 heteroatoms. The van der Waals surface area contributed by atoms with Gasteiger partial charge in [-0.3, -0.25) is 0 Å². The Balaban J connectivity index is 1.74. The molecule has 0 bridgehead atoms. The summed E-state index contributed by atoms with van der Waals surface area (Å²) in [4.78, 5) is 0. The Kier molecular flexibility index (Phi) is 4.75. The van der Waals surface area contributed by atoms with Crippen LogP contribution in [0.25, 0.3) is 0 Å². The first-order valence-corrected chi connectivity index (χ1v) is 6.53. The summed E-state index contributed by atoms with van der Waals surface area (Å²) in [5.41, 5.74) is 2.14. The van der Waals surface area contributed by atoms with Gasteiger partial charge in [0.25, 0.3) is 0 Å². The number of hydrogen-bond acceptors (Lipinski definition) is 2. The summed E-state index contributed by atoms with van der Waals surface area (Å²) in [5.74, 6) is 0.244. The van der Waals surface area contributed by atoms with E-state index < -0.39 is 0 Å². The summed E-state index contributed by atoms with van der Waals surface area (Å²) >= 11 is 5.20. The van der Waals surface area contributed by atoms with Crippen molar-refractivity contribution in [1.82, 2.24) is 5.32 Å². The molecule has 19 heavy (non-hydrogen) atoms. The molecule has 0 radical (unpaired) electrons. The first kappa shape index (κ1) is 13.4. The molecule has 0 aliphatic rings. The lowest BCUT2D eigenvalue weighted by atomic mass is 10.1. The molecular weight excluding hydrogens is 256 g/mol. The van der Waals surface area contributed by atoms with Crippen molar-refractivity contribution in [3.8, 4) is 5.75 Å². The van der Waals surface area contributed by atoms with Crippen LogP contribution in [-0.4, -0.2) is 16.8 Å². The van der Waals surface area contributed by atoms with Gasteiger partial charge in [-0.1, -0.05) is 30.3 Å². The van der Waals surface area contributed by atoms with Crippen molar-refractivity contribution >= 4 is 23.0 Å². The van der Waals surface area contributed by atoms with Gasteiger partial charge < -0.3 is 15.7 Å². The normalized spacial score (nSPS) is 9.89. The smallest absolute Gasteiger partial charge is 0.170 e. The monoisotopic (exact) mass is 272 g/mol. The van der Waals surface area contributed by atoms with E-state index in [1.165, 1.54) is 5.56 Å². The van der Waals surface area contributed by atoms with Crippen molar-refractivity contribution in [2.45, 2.75) is 6.42 Å². The van der Waals surface area contributed by atoms with Gasteiger partial charge in [0.05, 0.1) is 0 Å². The van der Waals surface area contributed by atoms with E-state index in [-0.39, 0.29) is 5.75 Å². The molecule has 0 unspecified atom stereocenters. The van der Waals surface area contributed by atoms with E-state index in [1.807, 2.05) is 18.2 Å². The Morgan fingerprint density at radius 2 is 1.68 bits per heavy atom. The molecule has 0 spiro atoms. The number of thiocarbonyl (C=S) groups is 1. The Morgan fingerprint density at radius 1 is 1.00 bits per heavy atom. The van der Waals surface area contributed by atoms with E-state index >= 15 is 0 Å². The fraction of sp³-hybridized carbons (Fsp3) is 0.133. The lowest BCUT2D eigenvalue weighted by Gasteiger charge is -2.10. The largest absolute Gasteiger partial charge is 0.508 e. The fourth-order valence-electron chi connectivity index (χ4n) is 1.69. The van der Waals surface area contributed by atoms with Crippen LogP contribution in [0.3, 0.4) is 0 Å². The number of anilines is 1. The Hall–Kier alpha value is -2.07. The van der Waals surface area contributed by atoms with Gasteiger partial charge in [-0.2, -0.15) is 0 Å². The molecule has 0 aliphatic heterocycles. The third-order valence-electron chi connectivity index (χ3n) is 2.67. The maximum absolute atomic E-state index is 9.18. The van der Waals surface area contributed by atoms with Crippen molar-refractivity contribution in [3.05, 3.63) is 60.2 Å². The molecule has 0 aliphatic carbocycles. The summed E-state index contributed by atoms with van der Waals surface area (Å²) in [6, 6.07) is 17.1. The van der Waals surface area contributed by atoms with E-state index in [1.54, 1.807) is 24.3 Å². The minimum atomic E-state index is 0.244. The van der Waals surface area contributed by atoms with Gasteiger partial charge in [0.15, 0.2) is 5.11 Å². The average molecular weight is 272 g/mol. The Morgan fingerprint density at radius 3 is 2.37 bits per heavy atom. The molecule has 2 rings (SSSR count). The van der Waals surface area contributed by atoms with Gasteiger partial charge in [-0.05, 0) is 48.5 Å². The predicted octanol–water partition coefficient (Wildman–Crippen LogP) is 2.92. The molecule has 0 saturated carbocycles. The fourth-order valence-corrected chi connectivity index (χ4v) is 1.91. The second-order valence-corrected chi connectivity index (χ2v) is 4.57. The van der Waals surface area contributed by atoms with Gasteiger partial charge in [0, 0.05) is 12.2 Å². The molecule has 0 fully saturated rings. The van der Waals surface area contributed by atoms with Crippen LogP contribution < -0.4 is 10.6 Å². The van der Waals surface area contributed by atoms with Crippen molar-refractivity contribution in [3.63, 3.8) is 0 Å². The van der Waals surface area contributed by atoms with Crippen molar-refractivity contribution < 1.29 is 5.11 Å². The van der Waals surface area contributed by atoms with E-state index in [0.29, 0.717) is 5.11 Å². The van der Waals surface area contributed by atoms with Gasteiger partial charge in [0.1, 0.15) is 5.75 Å². The molecule has 98 valence electrons. The number of hydrogen-bond donors (Lipinski definition) is 3. The highest BCUT2D eigenvalue weighted by Crippen LogP contribution is 2.13. The standard InChI is InChI=1S/C15H16N2OS/c18-14-8-6-13(7-9-14)17-15(19)16-11-10-12-4-2-1-3-5-12/h1-9,18H,10-11H2,(H2,16,17,19). The molecule has 0 saturated heterocycles. The van der Waals surface area contributed by atoms with Crippen LogP contribution in [0.1, 0.15) is 5.56 Å². The number of benzene rings is 2. The third kappa shape index (κ3) is 4.60. The molecule has 2 aromatic carbocycles. The third-order valence-corrected chi connectivity index (χ3v) is 2.91. The second-order valence-electron chi connectivity index (χ2n) is 4.16. The lowest BCUT2D eigenvalue weighted by Crippen LogP contribution is -2.30. The van der Waals surface area contributed by atoms with Gasteiger partial charge in [-0.25, -0.2) is 0 Å². The average Bonchev–Trinajstić information content (AvgIpc) is 2.43. The summed E-state index contributed by atoms with van der Waals surface area (Å²) < 4.78 is 0. The van der Waals surface area contributed by atoms with Crippen LogP contribution in [-0.2, 0) is 6.42 Å². The van der Waals surface area contributed by atoms with Gasteiger partial charge in [0.2, 0.25) is 0 Å². The molecule has 2 aromatic rings. The van der Waals surface area contributed by atoms with Crippen LogP contribution in [0.15, 0.2) is 54.6 Å². The van der Waals surface area contributed by atoms with Gasteiger partial charge >= 0.3 is 0 Å². The highest BCUT2D eigenvalue weighted by Gasteiger charge is 1.98. The highest BCUT2D eigenvalue weighted by atomic mass is 32.1. The summed E-state index contributed by atoms with van der Waals surface area (Å²) in [6.07, 6.45) is 0.929. The summed E-state index contributed by atoms with van der Waals surface area (Å²) in [6.45, 7) is 0.786. The molecule has 0 aromatic heterocycles. The van der Waals surface area contributed by atoms with Gasteiger partial charge in [-0.15, -0.1) is 0 Å². The maximum Gasteiger partial charge on any atom is 0.170 e. The number of phenolic OH excluding ortho intramolecular Hbond substituents is 1. The van der Waals surface area contributed by atoms with Crippen molar-refractivity contribution in [2.24, 2.45) is 0 Å². The van der Waals surface area contributed by atoms with Crippen molar-refractivity contribution in [1.29, 1.82) is 0 Å². The molecule has 3 nitrogen and oxygen atoms in total. The topological polar surface area (TPSA) is 44.3 Å². The quantitative estimate of drug-likeness (QED) is 0.591. The second kappa shape index (κ2) is 6.75. The van der Waals surface area contributed by atoms with Crippen molar-refractivity contribution in [2.75, 3.05) is 11.9 Å². The first-order chi connectivity index (χ1) is 9.24. The Bertz CT molecular complexity index is 526. The molecular formula is C15H16N2OS. The van der Waals surface area contributed by atoms with Crippen LogP contribution in [0.4, 0.5) is 5.69 Å². The lowest BCUT2D eigenvalue weighted by molar-refractivity contribution is 0.475. The predicted molar refractivity (Wildman–Crippen MR) is 82.5 cm³/mol. The molecule has 0 atom stereocenters. The van der Waals surface area contributed by atoms with E-state index in [4.69, 9.17) is 12.2 Å². The SMILES string of the molecule is Oc1ccc(NC(=S)NCCc2ccccc2)cc1. The van der Waals surface area contributed by atoms with E-state index in [2.05, 4.69) is 22.8 Å². The summed E-state index contributed by atoms with van der Waals surface area (Å²) in [5, 5.41) is 16.0. The number of nitrogens with one attached hydrogen (secondary N) is 2. The minimum Gasteiger partial charge on any atom is -0.508 e. The highest BCUT2D eigenvalue weighted by molar-refractivity contribution is 7.80. The number of rotatable bonds is 4. The minimum absolute atomic E-state index is 0.244. The zero-order valence-electron chi connectivity index (χ0n) is 10.5.